The van der Waals surface area contributed by atoms with Crippen molar-refractivity contribution in [3.05, 3.63) is 24.3 Å². The number of rotatable bonds is 5. The van der Waals surface area contributed by atoms with E-state index in [9.17, 15) is 14.4 Å². The Morgan fingerprint density at radius 1 is 1.27 bits per heavy atom. The van der Waals surface area contributed by atoms with Crippen LogP contribution in [0.2, 0.25) is 0 Å². The molecule has 1 aromatic rings. The fraction of sp³-hybridized carbons (Fsp3) is 0.400. The van der Waals surface area contributed by atoms with E-state index < -0.39 is 12.0 Å². The maximum Gasteiger partial charge on any atom is 0.320 e. The van der Waals surface area contributed by atoms with Crippen molar-refractivity contribution in [2.45, 2.75) is 25.8 Å². The van der Waals surface area contributed by atoms with Crippen LogP contribution in [0.15, 0.2) is 24.3 Å². The molecule has 118 valence electrons. The van der Waals surface area contributed by atoms with E-state index in [-0.39, 0.29) is 18.4 Å². The number of carboxylic acid groups (broad SMARTS) is 1. The van der Waals surface area contributed by atoms with Crippen LogP contribution in [0.4, 0.5) is 11.4 Å². The topological polar surface area (TPSA) is 98.7 Å². The van der Waals surface area contributed by atoms with Crippen LogP contribution in [0.1, 0.15) is 19.8 Å². The van der Waals surface area contributed by atoms with Gasteiger partial charge in [0.2, 0.25) is 11.8 Å². The molecule has 2 rings (SSSR count). The Labute approximate surface area is 128 Å². The number of aliphatic carboxylic acids is 1. The average molecular weight is 305 g/mol. The van der Waals surface area contributed by atoms with Gasteiger partial charge in [-0.05, 0) is 37.6 Å². The number of amides is 2. The fourth-order valence-corrected chi connectivity index (χ4v) is 2.56. The van der Waals surface area contributed by atoms with Crippen molar-refractivity contribution in [2.24, 2.45) is 0 Å². The van der Waals surface area contributed by atoms with Crippen molar-refractivity contribution in [1.29, 1.82) is 0 Å². The number of hydrogen-bond donors (Lipinski definition) is 3. The third kappa shape index (κ3) is 4.29. The van der Waals surface area contributed by atoms with E-state index in [1.165, 1.54) is 6.92 Å². The van der Waals surface area contributed by atoms with Crippen LogP contribution in [-0.4, -0.2) is 46.9 Å². The summed E-state index contributed by atoms with van der Waals surface area (Å²) in [6.07, 6.45) is 1.35. The molecule has 1 fully saturated rings. The summed E-state index contributed by atoms with van der Waals surface area (Å²) in [7, 11) is 0. The Morgan fingerprint density at radius 2 is 1.95 bits per heavy atom. The number of likely N-dealkylation sites (tertiary alicyclic amines) is 1. The molecule has 22 heavy (non-hydrogen) atoms. The summed E-state index contributed by atoms with van der Waals surface area (Å²) in [5, 5.41) is 14.4. The number of nitrogens with one attached hydrogen (secondary N) is 2. The Kier molecular flexibility index (Phi) is 5.11. The lowest BCUT2D eigenvalue weighted by Crippen LogP contribution is -2.40. The molecular weight excluding hydrogens is 286 g/mol. The van der Waals surface area contributed by atoms with Gasteiger partial charge in [0.25, 0.3) is 0 Å². The first-order valence-electron chi connectivity index (χ1n) is 7.10. The molecule has 0 aliphatic carbocycles. The second-order valence-corrected chi connectivity index (χ2v) is 5.28. The van der Waals surface area contributed by atoms with Gasteiger partial charge in [-0.3, -0.25) is 19.3 Å². The second-order valence-electron chi connectivity index (χ2n) is 5.28. The number of carboxylic acids is 1. The van der Waals surface area contributed by atoms with Crippen LogP contribution in [0, 0.1) is 0 Å². The van der Waals surface area contributed by atoms with E-state index in [0.717, 1.165) is 6.42 Å². The zero-order valence-electron chi connectivity index (χ0n) is 12.3. The average Bonchev–Trinajstić information content (AvgIpc) is 2.86. The maximum atomic E-state index is 12.0. The van der Waals surface area contributed by atoms with Gasteiger partial charge in [0, 0.05) is 18.3 Å². The monoisotopic (exact) mass is 305 g/mol. The second kappa shape index (κ2) is 7.04. The van der Waals surface area contributed by atoms with Gasteiger partial charge >= 0.3 is 5.97 Å². The van der Waals surface area contributed by atoms with E-state index in [2.05, 4.69) is 10.6 Å². The highest BCUT2D eigenvalue weighted by Crippen LogP contribution is 2.18. The van der Waals surface area contributed by atoms with E-state index in [0.29, 0.717) is 24.3 Å². The Bertz CT molecular complexity index is 588. The molecule has 1 saturated heterocycles. The fourth-order valence-electron chi connectivity index (χ4n) is 2.56. The molecule has 0 radical (unpaired) electrons. The van der Waals surface area contributed by atoms with Crippen LogP contribution >= 0.6 is 0 Å². The molecule has 2 amide bonds. The van der Waals surface area contributed by atoms with Crippen LogP contribution in [0.5, 0.6) is 0 Å². The van der Waals surface area contributed by atoms with Crippen molar-refractivity contribution in [3.8, 4) is 0 Å². The number of carbonyl (C=O) groups excluding carboxylic acids is 2. The third-order valence-corrected chi connectivity index (χ3v) is 3.46. The molecule has 7 nitrogen and oxygen atoms in total. The normalized spacial score (nSPS) is 18.0. The van der Waals surface area contributed by atoms with Crippen LogP contribution < -0.4 is 10.6 Å². The summed E-state index contributed by atoms with van der Waals surface area (Å²) in [6, 6.07) is 6.21. The molecule has 0 bridgehead atoms. The van der Waals surface area contributed by atoms with E-state index >= 15 is 0 Å². The Balaban J connectivity index is 1.94. The minimum Gasteiger partial charge on any atom is -0.480 e. The van der Waals surface area contributed by atoms with Crippen molar-refractivity contribution in [3.63, 3.8) is 0 Å². The standard InChI is InChI=1S/C15H19N3O4/c1-10(19)16-11-4-2-5-12(8-11)17-14(20)9-18-7-3-6-13(18)15(21)22/h2,4-5,8,13H,3,6-7,9H2,1H3,(H,16,19)(H,17,20)(H,21,22). The van der Waals surface area contributed by atoms with E-state index in [4.69, 9.17) is 5.11 Å². The van der Waals surface area contributed by atoms with Gasteiger partial charge in [0.1, 0.15) is 6.04 Å². The molecule has 1 aliphatic heterocycles. The number of hydrogen-bond acceptors (Lipinski definition) is 4. The molecule has 7 heteroatoms. The van der Waals surface area contributed by atoms with Gasteiger partial charge < -0.3 is 15.7 Å². The predicted molar refractivity (Wildman–Crippen MR) is 81.6 cm³/mol. The van der Waals surface area contributed by atoms with Gasteiger partial charge in [-0.2, -0.15) is 0 Å². The first-order chi connectivity index (χ1) is 10.5. The molecule has 3 N–H and O–H groups in total. The lowest BCUT2D eigenvalue weighted by Gasteiger charge is -2.20. The molecular formula is C15H19N3O4. The predicted octanol–water partition coefficient (Wildman–Crippen LogP) is 1.13. The quantitative estimate of drug-likeness (QED) is 0.757. The highest BCUT2D eigenvalue weighted by atomic mass is 16.4. The van der Waals surface area contributed by atoms with Crippen LogP contribution in [0.25, 0.3) is 0 Å². The molecule has 1 heterocycles. The zero-order chi connectivity index (χ0) is 16.1. The van der Waals surface area contributed by atoms with Crippen molar-refractivity contribution in [1.82, 2.24) is 4.90 Å². The first-order valence-corrected chi connectivity index (χ1v) is 7.10. The highest BCUT2D eigenvalue weighted by Gasteiger charge is 2.31. The van der Waals surface area contributed by atoms with Crippen molar-refractivity contribution in [2.75, 3.05) is 23.7 Å². The lowest BCUT2D eigenvalue weighted by molar-refractivity contribution is -0.142. The third-order valence-electron chi connectivity index (χ3n) is 3.46. The van der Waals surface area contributed by atoms with Gasteiger partial charge in [-0.25, -0.2) is 0 Å². The number of nitrogens with zero attached hydrogens (tertiary/aromatic N) is 1. The molecule has 0 aromatic heterocycles. The molecule has 0 saturated carbocycles. The van der Waals surface area contributed by atoms with Gasteiger partial charge in [-0.15, -0.1) is 0 Å². The highest BCUT2D eigenvalue weighted by molar-refractivity contribution is 5.94. The molecule has 1 unspecified atom stereocenters. The van der Waals surface area contributed by atoms with E-state index in [1.54, 1.807) is 29.2 Å². The summed E-state index contributed by atoms with van der Waals surface area (Å²) < 4.78 is 0. The van der Waals surface area contributed by atoms with E-state index in [1.807, 2.05) is 0 Å². The minimum absolute atomic E-state index is 0.0430. The molecule has 1 atom stereocenters. The minimum atomic E-state index is -0.891. The smallest absolute Gasteiger partial charge is 0.320 e. The summed E-state index contributed by atoms with van der Waals surface area (Å²) in [6.45, 7) is 2.06. The van der Waals surface area contributed by atoms with Gasteiger partial charge in [0.15, 0.2) is 0 Å². The Morgan fingerprint density at radius 3 is 2.59 bits per heavy atom. The Hall–Kier alpha value is -2.41. The summed E-state index contributed by atoms with van der Waals surface area (Å²) in [5.41, 5.74) is 1.15. The van der Waals surface area contributed by atoms with Crippen LogP contribution in [0.3, 0.4) is 0 Å². The number of benzene rings is 1. The number of carbonyl (C=O) groups is 3. The van der Waals surface area contributed by atoms with Crippen LogP contribution in [-0.2, 0) is 14.4 Å². The summed E-state index contributed by atoms with van der Waals surface area (Å²) >= 11 is 0. The van der Waals surface area contributed by atoms with Gasteiger partial charge in [-0.1, -0.05) is 6.07 Å². The zero-order valence-corrected chi connectivity index (χ0v) is 12.3. The maximum absolute atomic E-state index is 12.0. The summed E-state index contributed by atoms with van der Waals surface area (Å²) in [5.74, 6) is -1.35. The molecule has 1 aliphatic rings. The van der Waals surface area contributed by atoms with Crippen molar-refractivity contribution < 1.29 is 19.5 Å². The lowest BCUT2D eigenvalue weighted by atomic mass is 10.2. The SMILES string of the molecule is CC(=O)Nc1cccc(NC(=O)CN2CCCC2C(=O)O)c1. The molecule has 0 spiro atoms. The molecule has 1 aromatic carbocycles. The van der Waals surface area contributed by atoms with Gasteiger partial charge in [0.05, 0.1) is 6.54 Å². The number of anilines is 2. The van der Waals surface area contributed by atoms with Crippen molar-refractivity contribution >= 4 is 29.2 Å². The largest absolute Gasteiger partial charge is 0.480 e. The summed E-state index contributed by atoms with van der Waals surface area (Å²) in [4.78, 5) is 35.8. The first kappa shape index (κ1) is 16.0.